The molecule has 1 saturated carbocycles. The van der Waals surface area contributed by atoms with Crippen LogP contribution in [-0.2, 0) is 11.3 Å². The fraction of sp³-hybridized carbons (Fsp3) is 0.300. The molecule has 1 aliphatic carbocycles. The van der Waals surface area contributed by atoms with Gasteiger partial charge in [0.15, 0.2) is 0 Å². The maximum absolute atomic E-state index is 12.2. The van der Waals surface area contributed by atoms with Crippen LogP contribution in [0.3, 0.4) is 0 Å². The lowest BCUT2D eigenvalue weighted by molar-refractivity contribution is -0.117. The average molecular weight is 406 g/mol. The second-order valence-corrected chi connectivity index (χ2v) is 7.52. The molecule has 27 heavy (non-hydrogen) atoms. The molecule has 7 heteroatoms. The Kier molecular flexibility index (Phi) is 6.24. The van der Waals surface area contributed by atoms with Crippen LogP contribution in [0.4, 0.5) is 10.5 Å². The third kappa shape index (κ3) is 5.62. The van der Waals surface area contributed by atoms with Crippen LogP contribution in [0.2, 0.25) is 10.0 Å². The molecule has 0 saturated heterocycles. The van der Waals surface area contributed by atoms with Gasteiger partial charge >= 0.3 is 6.03 Å². The van der Waals surface area contributed by atoms with E-state index < -0.39 is 0 Å². The average Bonchev–Trinajstić information content (AvgIpc) is 3.45. The number of rotatable bonds is 6. The molecule has 0 aromatic heterocycles. The summed E-state index contributed by atoms with van der Waals surface area (Å²) in [5.41, 5.74) is 2.44. The second-order valence-electron chi connectivity index (χ2n) is 6.68. The summed E-state index contributed by atoms with van der Waals surface area (Å²) in [7, 11) is 0. The van der Waals surface area contributed by atoms with Crippen molar-refractivity contribution in [1.82, 2.24) is 10.6 Å². The van der Waals surface area contributed by atoms with Crippen LogP contribution in [0.5, 0.6) is 0 Å². The number of carbonyl (C=O) groups is 2. The first kappa shape index (κ1) is 19.5. The molecule has 0 radical (unpaired) electrons. The van der Waals surface area contributed by atoms with Crippen molar-refractivity contribution in [3.8, 4) is 0 Å². The second kappa shape index (κ2) is 8.63. The van der Waals surface area contributed by atoms with Gasteiger partial charge in [0.2, 0.25) is 5.91 Å². The summed E-state index contributed by atoms with van der Waals surface area (Å²) in [6.45, 7) is 2.20. The normalized spacial score (nSPS) is 14.3. The first-order chi connectivity index (χ1) is 12.9. The molecule has 5 nitrogen and oxygen atoms in total. The van der Waals surface area contributed by atoms with Crippen LogP contribution in [0.15, 0.2) is 42.5 Å². The number of carbonyl (C=O) groups excluding carboxylic acids is 2. The minimum Gasteiger partial charge on any atom is -0.334 e. The molecule has 0 unspecified atom stereocenters. The predicted octanol–water partition coefficient (Wildman–Crippen LogP) is 4.90. The lowest BCUT2D eigenvalue weighted by Gasteiger charge is -2.16. The largest absolute Gasteiger partial charge is 0.334 e. The van der Waals surface area contributed by atoms with E-state index in [2.05, 4.69) is 16.0 Å². The van der Waals surface area contributed by atoms with E-state index in [1.165, 1.54) is 0 Å². The van der Waals surface area contributed by atoms with Gasteiger partial charge in [-0.2, -0.15) is 0 Å². The van der Waals surface area contributed by atoms with E-state index in [0.29, 0.717) is 16.6 Å². The minimum absolute atomic E-state index is 0.0616. The van der Waals surface area contributed by atoms with Gasteiger partial charge in [-0.25, -0.2) is 4.79 Å². The van der Waals surface area contributed by atoms with Gasteiger partial charge in [0.25, 0.3) is 0 Å². The lowest BCUT2D eigenvalue weighted by Crippen LogP contribution is -2.36. The van der Waals surface area contributed by atoms with Gasteiger partial charge in [-0.1, -0.05) is 41.4 Å². The van der Waals surface area contributed by atoms with Crippen molar-refractivity contribution >= 4 is 40.8 Å². The molecule has 3 N–H and O–H groups in total. The SMILES string of the molecule is C[C@H](NC(=O)NCc1cccc(NC(=O)C2CC2)c1)c1ccc(Cl)cc1Cl. The molecule has 0 aliphatic heterocycles. The van der Waals surface area contributed by atoms with Crippen molar-refractivity contribution < 1.29 is 9.59 Å². The summed E-state index contributed by atoms with van der Waals surface area (Å²) in [5.74, 6) is 0.213. The molecular formula is C20H21Cl2N3O2. The standard InChI is InChI=1S/C20H21Cl2N3O2/c1-12(17-8-7-15(21)10-18(17)22)24-20(27)23-11-13-3-2-4-16(9-13)25-19(26)14-5-6-14/h2-4,7-10,12,14H,5-6,11H2,1H3,(H,25,26)(H2,23,24,27)/t12-/m0/s1. The zero-order valence-corrected chi connectivity index (χ0v) is 16.4. The van der Waals surface area contributed by atoms with Crippen molar-refractivity contribution in [3.63, 3.8) is 0 Å². The van der Waals surface area contributed by atoms with Crippen molar-refractivity contribution in [2.24, 2.45) is 5.92 Å². The van der Waals surface area contributed by atoms with Crippen LogP contribution in [0, 0.1) is 5.92 Å². The third-order valence-electron chi connectivity index (χ3n) is 4.37. The summed E-state index contributed by atoms with van der Waals surface area (Å²) >= 11 is 12.1. The van der Waals surface area contributed by atoms with Gasteiger partial charge in [-0.05, 0) is 55.2 Å². The fourth-order valence-corrected chi connectivity index (χ4v) is 3.28. The lowest BCUT2D eigenvalue weighted by atomic mass is 10.1. The van der Waals surface area contributed by atoms with Gasteiger partial charge in [-0.3, -0.25) is 4.79 Å². The number of benzene rings is 2. The van der Waals surface area contributed by atoms with Crippen LogP contribution >= 0.6 is 23.2 Å². The molecule has 1 atom stereocenters. The van der Waals surface area contributed by atoms with Gasteiger partial charge in [0.05, 0.1) is 6.04 Å². The van der Waals surface area contributed by atoms with Gasteiger partial charge in [-0.15, -0.1) is 0 Å². The van der Waals surface area contributed by atoms with Crippen molar-refractivity contribution in [3.05, 3.63) is 63.6 Å². The quantitative estimate of drug-likeness (QED) is 0.639. The first-order valence-electron chi connectivity index (χ1n) is 8.81. The third-order valence-corrected chi connectivity index (χ3v) is 4.93. The van der Waals surface area contributed by atoms with Crippen molar-refractivity contribution in [2.75, 3.05) is 5.32 Å². The Balaban J connectivity index is 1.51. The highest BCUT2D eigenvalue weighted by Gasteiger charge is 2.29. The summed E-state index contributed by atoms with van der Waals surface area (Å²) in [5, 5.41) is 9.63. The van der Waals surface area contributed by atoms with E-state index in [0.717, 1.165) is 29.7 Å². The number of anilines is 1. The monoisotopic (exact) mass is 405 g/mol. The van der Waals surface area contributed by atoms with E-state index in [4.69, 9.17) is 23.2 Å². The van der Waals surface area contributed by atoms with Crippen LogP contribution in [0.1, 0.15) is 36.9 Å². The fourth-order valence-electron chi connectivity index (χ4n) is 2.71. The van der Waals surface area contributed by atoms with Gasteiger partial charge < -0.3 is 16.0 Å². The van der Waals surface area contributed by atoms with Gasteiger partial charge in [0, 0.05) is 28.2 Å². The maximum Gasteiger partial charge on any atom is 0.315 e. The highest BCUT2D eigenvalue weighted by atomic mass is 35.5. The predicted molar refractivity (Wildman–Crippen MR) is 108 cm³/mol. The summed E-state index contributed by atoms with van der Waals surface area (Å²) in [4.78, 5) is 24.0. The Morgan fingerprint density at radius 3 is 2.63 bits per heavy atom. The number of urea groups is 1. The Morgan fingerprint density at radius 1 is 1.15 bits per heavy atom. The summed E-state index contributed by atoms with van der Waals surface area (Å²) in [6.07, 6.45) is 1.92. The number of nitrogens with one attached hydrogen (secondary N) is 3. The molecule has 0 heterocycles. The highest BCUT2D eigenvalue weighted by molar-refractivity contribution is 6.35. The number of halogens is 2. The molecule has 2 aromatic rings. The first-order valence-corrected chi connectivity index (χ1v) is 9.57. The van der Waals surface area contributed by atoms with E-state index >= 15 is 0 Å². The molecule has 2 aromatic carbocycles. The molecule has 0 bridgehead atoms. The molecular weight excluding hydrogens is 385 g/mol. The van der Waals surface area contributed by atoms with Crippen molar-refractivity contribution in [1.29, 1.82) is 0 Å². The van der Waals surface area contributed by atoms with E-state index in [1.807, 2.05) is 31.2 Å². The molecule has 3 amide bonds. The Morgan fingerprint density at radius 2 is 1.93 bits per heavy atom. The minimum atomic E-state index is -0.305. The Bertz CT molecular complexity index is 853. The number of amides is 3. The Labute approximate surface area is 168 Å². The summed E-state index contributed by atoms with van der Waals surface area (Å²) < 4.78 is 0. The maximum atomic E-state index is 12.2. The van der Waals surface area contributed by atoms with Gasteiger partial charge in [0.1, 0.15) is 0 Å². The molecule has 142 valence electrons. The number of hydrogen-bond acceptors (Lipinski definition) is 2. The zero-order valence-electron chi connectivity index (χ0n) is 14.9. The van der Waals surface area contributed by atoms with E-state index in [9.17, 15) is 9.59 Å². The van der Waals surface area contributed by atoms with Crippen molar-refractivity contribution in [2.45, 2.75) is 32.4 Å². The van der Waals surface area contributed by atoms with E-state index in [-0.39, 0.29) is 23.9 Å². The molecule has 1 aliphatic rings. The molecule has 0 spiro atoms. The summed E-state index contributed by atoms with van der Waals surface area (Å²) in [6, 6.07) is 12.1. The number of hydrogen-bond donors (Lipinski definition) is 3. The Hall–Kier alpha value is -2.24. The van der Waals surface area contributed by atoms with Crippen LogP contribution in [-0.4, -0.2) is 11.9 Å². The highest BCUT2D eigenvalue weighted by Crippen LogP contribution is 2.30. The zero-order chi connectivity index (χ0) is 19.4. The van der Waals surface area contributed by atoms with Crippen LogP contribution in [0.25, 0.3) is 0 Å². The van der Waals surface area contributed by atoms with E-state index in [1.54, 1.807) is 18.2 Å². The smallest absolute Gasteiger partial charge is 0.315 e. The topological polar surface area (TPSA) is 70.2 Å². The van der Waals surface area contributed by atoms with Crippen LogP contribution < -0.4 is 16.0 Å². The molecule has 1 fully saturated rings. The molecule has 3 rings (SSSR count).